The van der Waals surface area contributed by atoms with E-state index in [1.165, 1.54) is 17.5 Å². The molecule has 0 aliphatic heterocycles. The molecule has 98 valence electrons. The molecule has 0 heterocycles. The van der Waals surface area contributed by atoms with Gasteiger partial charge >= 0.3 is 0 Å². The number of aliphatic hydroxyl groups is 1. The van der Waals surface area contributed by atoms with Gasteiger partial charge in [-0.2, -0.15) is 0 Å². The number of sulfone groups is 1. The average Bonchev–Trinajstić information content (AvgIpc) is 3.19. The van der Waals surface area contributed by atoms with Crippen LogP contribution in [0.5, 0.6) is 0 Å². The van der Waals surface area contributed by atoms with Crippen LogP contribution in [0.4, 0.5) is 0 Å². The molecule has 1 N–H and O–H groups in total. The second-order valence-electron chi connectivity index (χ2n) is 5.48. The molecule has 0 aromatic heterocycles. The van der Waals surface area contributed by atoms with Crippen molar-refractivity contribution in [2.75, 3.05) is 6.61 Å². The third-order valence-electron chi connectivity index (χ3n) is 4.30. The molecule has 18 heavy (non-hydrogen) atoms. The van der Waals surface area contributed by atoms with Gasteiger partial charge in [-0.3, -0.25) is 0 Å². The molecule has 1 fully saturated rings. The smallest absolute Gasteiger partial charge is 0.186 e. The van der Waals surface area contributed by atoms with E-state index in [9.17, 15) is 13.5 Å². The van der Waals surface area contributed by atoms with Gasteiger partial charge in [0.05, 0.1) is 16.2 Å². The number of rotatable bonds is 3. The molecule has 0 bridgehead atoms. The maximum absolute atomic E-state index is 12.5. The number of benzene rings is 1. The van der Waals surface area contributed by atoms with Gasteiger partial charge in [-0.1, -0.05) is 6.07 Å². The summed E-state index contributed by atoms with van der Waals surface area (Å²) in [7, 11) is -3.36. The van der Waals surface area contributed by atoms with E-state index in [4.69, 9.17) is 0 Å². The Morgan fingerprint density at radius 3 is 2.39 bits per heavy atom. The van der Waals surface area contributed by atoms with E-state index in [0.717, 1.165) is 19.3 Å². The SMILES string of the molecule is O=S(=O)(c1ccc2c(c1)CCCC2)C1(CO)CC1. The molecule has 0 unspecified atom stereocenters. The fourth-order valence-electron chi connectivity index (χ4n) is 2.78. The van der Waals surface area contributed by atoms with Gasteiger partial charge in [0, 0.05) is 0 Å². The highest BCUT2D eigenvalue weighted by Gasteiger charge is 2.54. The molecule has 0 saturated heterocycles. The third kappa shape index (κ3) is 1.70. The summed E-state index contributed by atoms with van der Waals surface area (Å²) in [6.45, 7) is -0.258. The van der Waals surface area contributed by atoms with Crippen LogP contribution in [0.2, 0.25) is 0 Å². The van der Waals surface area contributed by atoms with Crippen LogP contribution in [-0.2, 0) is 22.7 Å². The van der Waals surface area contributed by atoms with Gasteiger partial charge in [0.15, 0.2) is 9.84 Å². The van der Waals surface area contributed by atoms with Crippen LogP contribution >= 0.6 is 0 Å². The summed E-state index contributed by atoms with van der Waals surface area (Å²) >= 11 is 0. The molecule has 1 aromatic carbocycles. The summed E-state index contributed by atoms with van der Waals surface area (Å²) < 4.78 is 24.1. The summed E-state index contributed by atoms with van der Waals surface area (Å²) in [5.74, 6) is 0. The topological polar surface area (TPSA) is 54.4 Å². The number of hydrogen-bond donors (Lipinski definition) is 1. The summed E-state index contributed by atoms with van der Waals surface area (Å²) in [4.78, 5) is 0.398. The van der Waals surface area contributed by atoms with Gasteiger partial charge in [-0.15, -0.1) is 0 Å². The van der Waals surface area contributed by atoms with Crippen LogP contribution in [0.15, 0.2) is 23.1 Å². The summed E-state index contributed by atoms with van der Waals surface area (Å²) in [5.41, 5.74) is 2.46. The van der Waals surface area contributed by atoms with Crippen LogP contribution in [0.3, 0.4) is 0 Å². The first-order valence-corrected chi connectivity index (χ1v) is 8.05. The maximum Gasteiger partial charge on any atom is 0.186 e. The van der Waals surface area contributed by atoms with Crippen molar-refractivity contribution in [2.24, 2.45) is 0 Å². The van der Waals surface area contributed by atoms with Gasteiger partial charge in [0.25, 0.3) is 0 Å². The quantitative estimate of drug-likeness (QED) is 0.908. The Labute approximate surface area is 108 Å². The van der Waals surface area contributed by atoms with Crippen LogP contribution in [0.25, 0.3) is 0 Å². The molecule has 0 atom stereocenters. The molecule has 4 heteroatoms. The van der Waals surface area contributed by atoms with Gasteiger partial charge in [-0.05, 0) is 61.8 Å². The number of fused-ring (bicyclic) bond motifs is 1. The zero-order valence-corrected chi connectivity index (χ0v) is 11.2. The van der Waals surface area contributed by atoms with E-state index in [-0.39, 0.29) is 6.61 Å². The van der Waals surface area contributed by atoms with Crippen LogP contribution in [0, 0.1) is 0 Å². The summed E-state index contributed by atoms with van der Waals surface area (Å²) in [6, 6.07) is 5.50. The largest absolute Gasteiger partial charge is 0.395 e. The van der Waals surface area contributed by atoms with Crippen molar-refractivity contribution in [1.82, 2.24) is 0 Å². The molecule has 0 amide bonds. The minimum Gasteiger partial charge on any atom is -0.395 e. The second-order valence-corrected chi connectivity index (χ2v) is 7.83. The lowest BCUT2D eigenvalue weighted by Gasteiger charge is -2.19. The fraction of sp³-hybridized carbons (Fsp3) is 0.571. The van der Waals surface area contributed by atoms with E-state index in [2.05, 4.69) is 0 Å². The zero-order chi connectivity index (χ0) is 12.8. The van der Waals surface area contributed by atoms with Crippen molar-refractivity contribution in [3.63, 3.8) is 0 Å². The van der Waals surface area contributed by atoms with Crippen LogP contribution in [0.1, 0.15) is 36.8 Å². The van der Waals surface area contributed by atoms with Crippen molar-refractivity contribution in [3.8, 4) is 0 Å². The van der Waals surface area contributed by atoms with E-state index >= 15 is 0 Å². The lowest BCUT2D eigenvalue weighted by atomic mass is 9.92. The standard InChI is InChI=1S/C14H18O3S/c15-10-14(7-8-14)18(16,17)13-6-5-11-3-1-2-4-12(11)9-13/h5-6,9,15H,1-4,7-8,10H2. The highest BCUT2D eigenvalue weighted by molar-refractivity contribution is 7.93. The number of aliphatic hydroxyl groups excluding tert-OH is 1. The van der Waals surface area contributed by atoms with Crippen molar-refractivity contribution in [1.29, 1.82) is 0 Å². The molecular weight excluding hydrogens is 248 g/mol. The second kappa shape index (κ2) is 4.07. The van der Waals surface area contributed by atoms with Crippen molar-refractivity contribution < 1.29 is 13.5 Å². The predicted molar refractivity (Wildman–Crippen MR) is 69.3 cm³/mol. The van der Waals surface area contributed by atoms with E-state index in [1.54, 1.807) is 6.07 Å². The molecular formula is C14H18O3S. The van der Waals surface area contributed by atoms with Gasteiger partial charge in [0.1, 0.15) is 0 Å². The lowest BCUT2D eigenvalue weighted by molar-refractivity contribution is 0.283. The molecule has 0 spiro atoms. The van der Waals surface area contributed by atoms with Gasteiger partial charge < -0.3 is 5.11 Å². The minimum atomic E-state index is -3.36. The highest BCUT2D eigenvalue weighted by atomic mass is 32.2. The number of hydrogen-bond acceptors (Lipinski definition) is 3. The summed E-state index contributed by atoms with van der Waals surface area (Å²) in [5, 5.41) is 9.31. The van der Waals surface area contributed by atoms with E-state index in [0.29, 0.717) is 17.7 Å². The fourth-order valence-corrected chi connectivity index (χ4v) is 4.63. The first kappa shape index (κ1) is 12.2. The first-order chi connectivity index (χ1) is 8.59. The molecule has 3 nitrogen and oxygen atoms in total. The third-order valence-corrected chi connectivity index (χ3v) is 6.85. The summed E-state index contributed by atoms with van der Waals surface area (Å²) in [6.07, 6.45) is 5.54. The monoisotopic (exact) mass is 266 g/mol. The minimum absolute atomic E-state index is 0.258. The Morgan fingerprint density at radius 1 is 1.11 bits per heavy atom. The highest BCUT2D eigenvalue weighted by Crippen LogP contribution is 2.46. The van der Waals surface area contributed by atoms with Crippen molar-refractivity contribution >= 4 is 9.84 Å². The van der Waals surface area contributed by atoms with Crippen molar-refractivity contribution in [2.45, 2.75) is 48.2 Å². The predicted octanol–water partition coefficient (Wildman–Crippen LogP) is 1.86. The molecule has 2 aliphatic carbocycles. The van der Waals surface area contributed by atoms with E-state index < -0.39 is 14.6 Å². The van der Waals surface area contributed by atoms with Crippen LogP contribution < -0.4 is 0 Å². The Hall–Kier alpha value is -0.870. The molecule has 1 aromatic rings. The average molecular weight is 266 g/mol. The normalized spacial score (nSPS) is 21.4. The lowest BCUT2D eigenvalue weighted by Crippen LogP contribution is -2.27. The number of aryl methyl sites for hydroxylation is 2. The molecule has 0 radical (unpaired) electrons. The molecule has 2 aliphatic rings. The van der Waals surface area contributed by atoms with Crippen molar-refractivity contribution in [3.05, 3.63) is 29.3 Å². The Morgan fingerprint density at radius 2 is 1.78 bits per heavy atom. The maximum atomic E-state index is 12.5. The van der Waals surface area contributed by atoms with E-state index in [1.807, 2.05) is 12.1 Å². The van der Waals surface area contributed by atoms with Crippen LogP contribution in [-0.4, -0.2) is 24.9 Å². The Bertz CT molecular complexity index is 571. The molecule has 3 rings (SSSR count). The zero-order valence-electron chi connectivity index (χ0n) is 10.4. The Kier molecular flexibility index (Phi) is 2.75. The van der Waals surface area contributed by atoms with Gasteiger partial charge in [0.2, 0.25) is 0 Å². The Balaban J connectivity index is 2.03. The first-order valence-electron chi connectivity index (χ1n) is 6.56. The molecule has 1 saturated carbocycles. The van der Waals surface area contributed by atoms with Gasteiger partial charge in [-0.25, -0.2) is 8.42 Å².